The molecule has 0 bridgehead atoms. The summed E-state index contributed by atoms with van der Waals surface area (Å²) in [5.41, 5.74) is 0.103. The molecular weight excluding hydrogens is 222 g/mol. The summed E-state index contributed by atoms with van der Waals surface area (Å²) in [6.07, 6.45) is 2.01. The van der Waals surface area contributed by atoms with Gasteiger partial charge in [0.25, 0.3) is 0 Å². The van der Waals surface area contributed by atoms with Gasteiger partial charge in [-0.05, 0) is 33.3 Å². The van der Waals surface area contributed by atoms with Crippen LogP contribution in [-0.4, -0.2) is 27.2 Å². The van der Waals surface area contributed by atoms with E-state index in [9.17, 15) is 10.1 Å². The summed E-state index contributed by atoms with van der Waals surface area (Å²) in [6, 6.07) is 1.60. The van der Waals surface area contributed by atoms with E-state index < -0.39 is 10.5 Å². The van der Waals surface area contributed by atoms with Crippen LogP contribution in [0.25, 0.3) is 0 Å². The summed E-state index contributed by atoms with van der Waals surface area (Å²) in [5.74, 6) is 0.244. The number of hydrogen-bond acceptors (Lipinski definition) is 5. The largest absolute Gasteiger partial charge is 0.396 e. The maximum Gasteiger partial charge on any atom is 0.314 e. The Hall–Kier alpha value is -1.69. The van der Waals surface area contributed by atoms with Gasteiger partial charge in [0.15, 0.2) is 0 Å². The fourth-order valence-electron chi connectivity index (χ4n) is 1.53. The van der Waals surface area contributed by atoms with Gasteiger partial charge >= 0.3 is 5.69 Å². The van der Waals surface area contributed by atoms with Crippen molar-refractivity contribution in [2.75, 3.05) is 11.9 Å². The first-order valence-corrected chi connectivity index (χ1v) is 5.36. The molecule has 0 aromatic carbocycles. The first kappa shape index (κ1) is 13.4. The third-order valence-electron chi connectivity index (χ3n) is 2.50. The Balaban J connectivity index is 3.06. The van der Waals surface area contributed by atoms with Crippen molar-refractivity contribution in [1.29, 1.82) is 0 Å². The molecule has 1 aromatic rings. The maximum atomic E-state index is 11.0. The predicted octanol–water partition coefficient (Wildman–Crippen LogP) is 1.87. The van der Waals surface area contributed by atoms with Crippen LogP contribution in [-0.2, 0) is 0 Å². The summed E-state index contributed by atoms with van der Waals surface area (Å²) in [5, 5.41) is 22.9. The summed E-state index contributed by atoms with van der Waals surface area (Å²) < 4.78 is 0. The Kier molecular flexibility index (Phi) is 4.01. The van der Waals surface area contributed by atoms with E-state index in [2.05, 4.69) is 10.3 Å². The zero-order valence-corrected chi connectivity index (χ0v) is 10.2. The molecule has 2 N–H and O–H groups in total. The lowest BCUT2D eigenvalue weighted by Gasteiger charge is -2.25. The Labute approximate surface area is 99.8 Å². The zero-order valence-electron chi connectivity index (χ0n) is 10.2. The summed E-state index contributed by atoms with van der Waals surface area (Å²) in [7, 11) is 0. The van der Waals surface area contributed by atoms with Crippen molar-refractivity contribution in [3.8, 4) is 0 Å². The Morgan fingerprint density at radius 1 is 1.59 bits per heavy atom. The molecule has 0 spiro atoms. The molecule has 0 aliphatic heterocycles. The minimum absolute atomic E-state index is 0.0135. The van der Waals surface area contributed by atoms with Crippen molar-refractivity contribution in [2.45, 2.75) is 32.7 Å². The summed E-state index contributed by atoms with van der Waals surface area (Å²) in [4.78, 5) is 14.5. The highest BCUT2D eigenvalue weighted by Crippen LogP contribution is 2.28. The number of pyridine rings is 1. The van der Waals surface area contributed by atoms with Crippen LogP contribution in [0.2, 0.25) is 0 Å². The molecule has 17 heavy (non-hydrogen) atoms. The third kappa shape index (κ3) is 3.39. The molecule has 0 fully saturated rings. The molecule has 0 atom stereocenters. The first-order chi connectivity index (χ1) is 7.87. The number of hydrogen-bond donors (Lipinski definition) is 2. The number of aliphatic hydroxyl groups excluding tert-OH is 1. The monoisotopic (exact) mass is 239 g/mol. The number of aliphatic hydroxyl groups is 1. The number of aromatic nitrogens is 1. The molecule has 0 amide bonds. The van der Waals surface area contributed by atoms with Crippen LogP contribution in [0.1, 0.15) is 25.8 Å². The average Bonchev–Trinajstić information content (AvgIpc) is 2.15. The van der Waals surface area contributed by atoms with E-state index in [1.165, 1.54) is 6.20 Å². The number of anilines is 1. The molecule has 0 saturated carbocycles. The lowest BCUT2D eigenvalue weighted by Crippen LogP contribution is -2.32. The molecule has 6 heteroatoms. The Bertz CT molecular complexity index is 418. The van der Waals surface area contributed by atoms with Crippen molar-refractivity contribution in [2.24, 2.45) is 0 Å². The maximum absolute atomic E-state index is 11.0. The molecule has 0 aliphatic carbocycles. The molecule has 0 aliphatic rings. The highest BCUT2D eigenvalue weighted by Gasteiger charge is 2.24. The Morgan fingerprint density at radius 3 is 2.76 bits per heavy atom. The molecule has 1 aromatic heterocycles. The van der Waals surface area contributed by atoms with E-state index in [1.54, 1.807) is 13.0 Å². The molecule has 1 rings (SSSR count). The van der Waals surface area contributed by atoms with E-state index in [0.717, 1.165) is 0 Å². The van der Waals surface area contributed by atoms with Gasteiger partial charge in [0.2, 0.25) is 5.82 Å². The van der Waals surface area contributed by atoms with Crippen LogP contribution in [0.3, 0.4) is 0 Å². The van der Waals surface area contributed by atoms with Crippen LogP contribution in [0.15, 0.2) is 12.3 Å². The number of nitrogens with zero attached hydrogens (tertiary/aromatic N) is 2. The second kappa shape index (κ2) is 5.09. The van der Waals surface area contributed by atoms with Crippen molar-refractivity contribution in [1.82, 2.24) is 4.98 Å². The molecule has 1 heterocycles. The van der Waals surface area contributed by atoms with Gasteiger partial charge in [0.05, 0.1) is 4.92 Å². The molecule has 6 nitrogen and oxygen atoms in total. The molecule has 0 radical (unpaired) electrons. The van der Waals surface area contributed by atoms with Gasteiger partial charge in [-0.15, -0.1) is 0 Å². The van der Waals surface area contributed by atoms with Gasteiger partial charge in [0.1, 0.15) is 0 Å². The van der Waals surface area contributed by atoms with Crippen LogP contribution in [0.5, 0.6) is 0 Å². The minimum atomic E-state index is -0.445. The van der Waals surface area contributed by atoms with Crippen molar-refractivity contribution in [3.63, 3.8) is 0 Å². The van der Waals surface area contributed by atoms with Gasteiger partial charge in [0, 0.05) is 23.9 Å². The number of nitro groups is 1. The highest BCUT2D eigenvalue weighted by atomic mass is 16.6. The fraction of sp³-hybridized carbons (Fsp3) is 0.545. The van der Waals surface area contributed by atoms with Crippen molar-refractivity contribution in [3.05, 3.63) is 27.9 Å². The zero-order chi connectivity index (χ0) is 13.1. The molecule has 0 unspecified atom stereocenters. The van der Waals surface area contributed by atoms with E-state index in [4.69, 9.17) is 5.11 Å². The van der Waals surface area contributed by atoms with Gasteiger partial charge in [-0.1, -0.05) is 0 Å². The van der Waals surface area contributed by atoms with E-state index in [0.29, 0.717) is 12.0 Å². The quantitative estimate of drug-likeness (QED) is 0.605. The van der Waals surface area contributed by atoms with Crippen LogP contribution < -0.4 is 5.32 Å². The second-order valence-electron chi connectivity index (χ2n) is 4.56. The number of rotatable bonds is 5. The van der Waals surface area contributed by atoms with E-state index in [-0.39, 0.29) is 18.1 Å². The van der Waals surface area contributed by atoms with Crippen LogP contribution in [0, 0.1) is 17.0 Å². The topological polar surface area (TPSA) is 88.3 Å². The lowest BCUT2D eigenvalue weighted by molar-refractivity contribution is -0.384. The highest BCUT2D eigenvalue weighted by molar-refractivity contribution is 5.60. The second-order valence-corrected chi connectivity index (χ2v) is 4.56. The first-order valence-electron chi connectivity index (χ1n) is 5.36. The fourth-order valence-corrected chi connectivity index (χ4v) is 1.53. The molecular formula is C11H17N3O3. The van der Waals surface area contributed by atoms with Crippen molar-refractivity contribution >= 4 is 11.5 Å². The average molecular weight is 239 g/mol. The molecule has 94 valence electrons. The van der Waals surface area contributed by atoms with Gasteiger partial charge in [-0.2, -0.15) is 0 Å². The van der Waals surface area contributed by atoms with E-state index >= 15 is 0 Å². The summed E-state index contributed by atoms with van der Waals surface area (Å²) >= 11 is 0. The predicted molar refractivity (Wildman–Crippen MR) is 65.0 cm³/mol. The van der Waals surface area contributed by atoms with E-state index in [1.807, 2.05) is 13.8 Å². The van der Waals surface area contributed by atoms with Gasteiger partial charge in [-0.3, -0.25) is 10.1 Å². The van der Waals surface area contributed by atoms with Crippen molar-refractivity contribution < 1.29 is 10.0 Å². The SMILES string of the molecule is Cc1ccnc(NC(C)(C)CCO)c1[N+](=O)[O-]. The van der Waals surface area contributed by atoms with Crippen LogP contribution in [0.4, 0.5) is 11.5 Å². The van der Waals surface area contributed by atoms with Gasteiger partial charge < -0.3 is 10.4 Å². The Morgan fingerprint density at radius 2 is 2.24 bits per heavy atom. The number of nitrogens with one attached hydrogen (secondary N) is 1. The summed E-state index contributed by atoms with van der Waals surface area (Å²) in [6.45, 7) is 5.40. The standard InChI is InChI=1S/C11H17N3O3/c1-8-4-6-12-10(9(8)14(16)17)13-11(2,3)5-7-15/h4,6,15H,5,7H2,1-3H3,(H,12,13). The van der Waals surface area contributed by atoms with Crippen LogP contribution >= 0.6 is 0 Å². The smallest absolute Gasteiger partial charge is 0.314 e. The normalized spacial score (nSPS) is 11.3. The lowest BCUT2D eigenvalue weighted by atomic mass is 10.0. The minimum Gasteiger partial charge on any atom is -0.396 e. The van der Waals surface area contributed by atoms with Gasteiger partial charge in [-0.25, -0.2) is 4.98 Å². The number of aryl methyl sites for hydroxylation is 1. The molecule has 0 saturated heterocycles. The third-order valence-corrected chi connectivity index (χ3v) is 2.50.